The number of nitrogens with one attached hydrogen (secondary N) is 1. The van der Waals surface area contributed by atoms with Crippen LogP contribution in [0.4, 0.5) is 5.69 Å². The van der Waals surface area contributed by atoms with Crippen molar-refractivity contribution in [1.29, 1.82) is 0 Å². The second-order valence-corrected chi connectivity index (χ2v) is 10.5. The van der Waals surface area contributed by atoms with Crippen molar-refractivity contribution in [3.8, 4) is 11.5 Å². The van der Waals surface area contributed by atoms with E-state index in [2.05, 4.69) is 5.32 Å². The summed E-state index contributed by atoms with van der Waals surface area (Å²) in [5.41, 5.74) is 1.82. The Morgan fingerprint density at radius 2 is 1.61 bits per heavy atom. The molecule has 0 fully saturated rings. The van der Waals surface area contributed by atoms with Crippen molar-refractivity contribution in [2.45, 2.75) is 31.3 Å². The summed E-state index contributed by atoms with van der Waals surface area (Å²) in [7, 11) is 0.130. The van der Waals surface area contributed by atoms with Gasteiger partial charge in [0, 0.05) is 19.7 Å². The number of carbonyl (C=O) groups is 2. The molecule has 0 spiro atoms. The Morgan fingerprint density at radius 3 is 2.18 bits per heavy atom. The van der Waals surface area contributed by atoms with E-state index in [1.807, 2.05) is 37.3 Å². The van der Waals surface area contributed by atoms with Gasteiger partial charge in [0.15, 0.2) is 0 Å². The van der Waals surface area contributed by atoms with E-state index in [1.165, 1.54) is 44.4 Å². The van der Waals surface area contributed by atoms with E-state index in [0.717, 1.165) is 15.4 Å². The molecule has 1 N–H and O–H groups in total. The lowest BCUT2D eigenvalue weighted by Crippen LogP contribution is -2.50. The minimum absolute atomic E-state index is 0.00901. The van der Waals surface area contributed by atoms with E-state index >= 15 is 0 Å². The van der Waals surface area contributed by atoms with Crippen molar-refractivity contribution in [3.63, 3.8) is 0 Å². The Balaban J connectivity index is 2.12. The van der Waals surface area contributed by atoms with Gasteiger partial charge in [-0.15, -0.1) is 0 Å². The molecule has 3 rings (SSSR count). The molecule has 2 amide bonds. The van der Waals surface area contributed by atoms with Gasteiger partial charge in [0.25, 0.3) is 10.0 Å². The first-order chi connectivity index (χ1) is 18.1. The van der Waals surface area contributed by atoms with Crippen LogP contribution in [0.2, 0.25) is 0 Å². The zero-order valence-electron chi connectivity index (χ0n) is 22.2. The van der Waals surface area contributed by atoms with Gasteiger partial charge in [0.2, 0.25) is 11.8 Å². The molecule has 0 aromatic heterocycles. The van der Waals surface area contributed by atoms with Gasteiger partial charge in [-0.25, -0.2) is 8.42 Å². The highest BCUT2D eigenvalue weighted by molar-refractivity contribution is 7.92. The van der Waals surface area contributed by atoms with Gasteiger partial charge in [-0.1, -0.05) is 48.0 Å². The van der Waals surface area contributed by atoms with E-state index in [1.54, 1.807) is 31.2 Å². The summed E-state index contributed by atoms with van der Waals surface area (Å²) >= 11 is 0. The third-order valence-corrected chi connectivity index (χ3v) is 7.93. The number of methoxy groups -OCH3 is 2. The number of sulfonamides is 1. The minimum Gasteiger partial charge on any atom is -0.497 e. The lowest BCUT2D eigenvalue weighted by atomic mass is 10.1. The average Bonchev–Trinajstić information content (AvgIpc) is 2.94. The highest BCUT2D eigenvalue weighted by Crippen LogP contribution is 2.36. The van der Waals surface area contributed by atoms with Gasteiger partial charge in [0.05, 0.1) is 24.8 Å². The second kappa shape index (κ2) is 12.5. The summed E-state index contributed by atoms with van der Waals surface area (Å²) in [6, 6.07) is 19.4. The second-order valence-electron chi connectivity index (χ2n) is 8.66. The van der Waals surface area contributed by atoms with Crippen LogP contribution in [0.15, 0.2) is 77.7 Å². The van der Waals surface area contributed by atoms with Crippen LogP contribution >= 0.6 is 0 Å². The van der Waals surface area contributed by atoms with Crippen molar-refractivity contribution in [1.82, 2.24) is 10.2 Å². The number of rotatable bonds is 11. The maximum Gasteiger partial charge on any atom is 0.264 e. The predicted molar refractivity (Wildman–Crippen MR) is 146 cm³/mol. The standard InChI is InChI=1S/C28H33N3O6S/c1-20-11-14-24(15-12-20)38(34,35)31(25-17-23(36-4)13-16-26(25)37-5)19-27(32)30(21(2)28(33)29-3)18-22-9-7-6-8-10-22/h6-17,21H,18-19H2,1-5H3,(H,29,33). The normalized spacial score (nSPS) is 11.8. The Morgan fingerprint density at radius 1 is 0.947 bits per heavy atom. The largest absolute Gasteiger partial charge is 0.497 e. The van der Waals surface area contributed by atoms with Crippen molar-refractivity contribution in [2.75, 3.05) is 32.1 Å². The third kappa shape index (κ3) is 6.44. The van der Waals surface area contributed by atoms with Crippen LogP contribution < -0.4 is 19.1 Å². The summed E-state index contributed by atoms with van der Waals surface area (Å²) < 4.78 is 39.7. The number of hydrogen-bond acceptors (Lipinski definition) is 6. The first kappa shape index (κ1) is 28.5. The summed E-state index contributed by atoms with van der Waals surface area (Å²) in [5, 5.41) is 2.56. The zero-order valence-corrected chi connectivity index (χ0v) is 23.0. The smallest absolute Gasteiger partial charge is 0.264 e. The predicted octanol–water partition coefficient (Wildman–Crippen LogP) is 3.37. The maximum absolute atomic E-state index is 14.0. The number of ether oxygens (including phenoxy) is 2. The van der Waals surface area contributed by atoms with E-state index in [9.17, 15) is 18.0 Å². The van der Waals surface area contributed by atoms with Crippen LogP contribution in [0.25, 0.3) is 0 Å². The average molecular weight is 540 g/mol. The summed E-state index contributed by atoms with van der Waals surface area (Å²) in [6.07, 6.45) is 0. The molecule has 10 heteroatoms. The van der Waals surface area contributed by atoms with Gasteiger partial charge in [0.1, 0.15) is 24.1 Å². The van der Waals surface area contributed by atoms with Crippen LogP contribution in [0.3, 0.4) is 0 Å². The van der Waals surface area contributed by atoms with Crippen LogP contribution in [0, 0.1) is 6.92 Å². The molecule has 0 aliphatic rings. The Bertz CT molecular complexity index is 1360. The summed E-state index contributed by atoms with van der Waals surface area (Å²) in [5.74, 6) is -0.313. The van der Waals surface area contributed by atoms with Gasteiger partial charge in [-0.3, -0.25) is 13.9 Å². The molecule has 3 aromatic carbocycles. The van der Waals surface area contributed by atoms with Gasteiger partial charge < -0.3 is 19.7 Å². The molecule has 0 radical (unpaired) electrons. The number of amides is 2. The van der Waals surface area contributed by atoms with Gasteiger partial charge in [-0.05, 0) is 43.7 Å². The van der Waals surface area contributed by atoms with Crippen molar-refractivity contribution < 1.29 is 27.5 Å². The molecule has 0 saturated heterocycles. The third-order valence-electron chi connectivity index (χ3n) is 6.15. The van der Waals surface area contributed by atoms with Crippen molar-refractivity contribution in [2.24, 2.45) is 0 Å². The van der Waals surface area contributed by atoms with Crippen molar-refractivity contribution in [3.05, 3.63) is 83.9 Å². The monoisotopic (exact) mass is 539 g/mol. The molecule has 0 aliphatic carbocycles. The van der Waals surface area contributed by atoms with Crippen LogP contribution in [-0.4, -0.2) is 59.0 Å². The van der Waals surface area contributed by atoms with E-state index < -0.39 is 28.5 Å². The van der Waals surface area contributed by atoms with E-state index in [-0.39, 0.29) is 28.8 Å². The highest BCUT2D eigenvalue weighted by atomic mass is 32.2. The number of likely N-dealkylation sites (N-methyl/N-ethyl adjacent to an activating group) is 1. The molecule has 1 atom stereocenters. The molecule has 0 heterocycles. The SMILES string of the molecule is CNC(=O)C(C)N(Cc1ccccc1)C(=O)CN(c1cc(OC)ccc1OC)S(=O)(=O)c1ccc(C)cc1. The number of benzene rings is 3. The molecule has 0 bridgehead atoms. The fourth-order valence-electron chi connectivity index (χ4n) is 3.91. The lowest BCUT2D eigenvalue weighted by Gasteiger charge is -2.32. The lowest BCUT2D eigenvalue weighted by molar-refractivity contribution is -0.139. The summed E-state index contributed by atoms with van der Waals surface area (Å²) in [6.45, 7) is 2.99. The quantitative estimate of drug-likeness (QED) is 0.401. The Hall–Kier alpha value is -4.05. The van der Waals surface area contributed by atoms with Crippen LogP contribution in [0.1, 0.15) is 18.1 Å². The molecular weight excluding hydrogens is 506 g/mol. The van der Waals surface area contributed by atoms with Gasteiger partial charge in [-0.2, -0.15) is 0 Å². The molecule has 1 unspecified atom stereocenters. The van der Waals surface area contributed by atoms with E-state index in [0.29, 0.717) is 5.75 Å². The number of aryl methyl sites for hydroxylation is 1. The van der Waals surface area contributed by atoms with Crippen LogP contribution in [-0.2, 0) is 26.2 Å². The molecule has 0 aliphatic heterocycles. The molecule has 3 aromatic rings. The summed E-state index contributed by atoms with van der Waals surface area (Å²) in [4.78, 5) is 27.8. The molecule has 38 heavy (non-hydrogen) atoms. The molecule has 0 saturated carbocycles. The Kier molecular flexibility index (Phi) is 9.35. The first-order valence-electron chi connectivity index (χ1n) is 12.0. The van der Waals surface area contributed by atoms with Gasteiger partial charge >= 0.3 is 0 Å². The topological polar surface area (TPSA) is 105 Å². The fourth-order valence-corrected chi connectivity index (χ4v) is 5.33. The van der Waals surface area contributed by atoms with Crippen LogP contribution in [0.5, 0.6) is 11.5 Å². The fraction of sp³-hybridized carbons (Fsp3) is 0.286. The maximum atomic E-state index is 14.0. The number of nitrogens with zero attached hydrogens (tertiary/aromatic N) is 2. The number of carbonyl (C=O) groups excluding carboxylic acids is 2. The van der Waals surface area contributed by atoms with Crippen molar-refractivity contribution >= 4 is 27.5 Å². The highest BCUT2D eigenvalue weighted by Gasteiger charge is 2.34. The Labute approximate surface area is 224 Å². The first-order valence-corrected chi connectivity index (χ1v) is 13.4. The zero-order chi connectivity index (χ0) is 27.9. The minimum atomic E-state index is -4.23. The molecule has 202 valence electrons. The number of anilines is 1. The molecular formula is C28H33N3O6S. The molecule has 9 nitrogen and oxygen atoms in total. The van der Waals surface area contributed by atoms with E-state index in [4.69, 9.17) is 9.47 Å². The number of hydrogen-bond donors (Lipinski definition) is 1.